The molecular formula is C16H24N2O3. The summed E-state index contributed by atoms with van der Waals surface area (Å²) < 4.78 is 10.8. The Bertz CT molecular complexity index is 428. The molecule has 1 heterocycles. The third-order valence-corrected chi connectivity index (χ3v) is 3.47. The van der Waals surface area contributed by atoms with Crippen molar-refractivity contribution in [2.75, 3.05) is 46.0 Å². The van der Waals surface area contributed by atoms with Gasteiger partial charge in [0.15, 0.2) is 0 Å². The molecule has 5 heteroatoms. The summed E-state index contributed by atoms with van der Waals surface area (Å²) in [6.07, 6.45) is 0.386. The maximum absolute atomic E-state index is 11.7. The van der Waals surface area contributed by atoms with Crippen LogP contribution in [0.3, 0.4) is 0 Å². The highest BCUT2D eigenvalue weighted by molar-refractivity contribution is 5.75. The summed E-state index contributed by atoms with van der Waals surface area (Å²) >= 11 is 0. The van der Waals surface area contributed by atoms with E-state index in [4.69, 9.17) is 9.47 Å². The second kappa shape index (κ2) is 8.64. The summed E-state index contributed by atoms with van der Waals surface area (Å²) in [5, 5.41) is 2.92. The maximum atomic E-state index is 11.7. The molecule has 0 saturated carbocycles. The first-order chi connectivity index (χ1) is 10.2. The maximum Gasteiger partial charge on any atom is 0.223 e. The van der Waals surface area contributed by atoms with Crippen LogP contribution in [0, 0.1) is 6.92 Å². The number of ether oxygens (including phenoxy) is 2. The highest BCUT2D eigenvalue weighted by Gasteiger charge is 2.10. The quantitative estimate of drug-likeness (QED) is 0.821. The molecular weight excluding hydrogens is 268 g/mol. The number of rotatable bonds is 7. The number of carbonyl (C=O) groups is 1. The molecule has 1 fully saturated rings. The number of hydrogen-bond donors (Lipinski definition) is 1. The molecule has 0 aromatic heterocycles. The summed E-state index contributed by atoms with van der Waals surface area (Å²) in [4.78, 5) is 14.0. The fourth-order valence-corrected chi connectivity index (χ4v) is 2.16. The Morgan fingerprint density at radius 2 is 2.00 bits per heavy atom. The van der Waals surface area contributed by atoms with Gasteiger partial charge < -0.3 is 14.8 Å². The van der Waals surface area contributed by atoms with Crippen molar-refractivity contribution in [2.24, 2.45) is 0 Å². The lowest BCUT2D eigenvalue weighted by Gasteiger charge is -2.26. The molecule has 0 bridgehead atoms. The summed E-state index contributed by atoms with van der Waals surface area (Å²) in [5.74, 6) is 0.845. The predicted octanol–water partition coefficient (Wildman–Crippen LogP) is 1.21. The Morgan fingerprint density at radius 1 is 1.29 bits per heavy atom. The summed E-state index contributed by atoms with van der Waals surface area (Å²) in [7, 11) is 0. The molecule has 0 radical (unpaired) electrons. The van der Waals surface area contributed by atoms with E-state index >= 15 is 0 Å². The van der Waals surface area contributed by atoms with Crippen molar-refractivity contribution < 1.29 is 14.3 Å². The molecule has 0 aliphatic carbocycles. The van der Waals surface area contributed by atoms with Gasteiger partial charge in [-0.3, -0.25) is 9.69 Å². The van der Waals surface area contributed by atoms with E-state index in [9.17, 15) is 4.79 Å². The number of carbonyl (C=O) groups excluding carboxylic acids is 1. The van der Waals surface area contributed by atoms with Crippen LogP contribution in [-0.2, 0) is 9.53 Å². The van der Waals surface area contributed by atoms with Gasteiger partial charge in [-0.1, -0.05) is 17.7 Å². The van der Waals surface area contributed by atoms with Crippen LogP contribution < -0.4 is 10.1 Å². The molecule has 116 valence electrons. The lowest BCUT2D eigenvalue weighted by Crippen LogP contribution is -2.41. The molecule has 5 nitrogen and oxygen atoms in total. The molecule has 21 heavy (non-hydrogen) atoms. The fraction of sp³-hybridized carbons (Fsp3) is 0.562. The number of hydrogen-bond acceptors (Lipinski definition) is 4. The number of nitrogens with zero attached hydrogens (tertiary/aromatic N) is 1. The average Bonchev–Trinajstić information content (AvgIpc) is 2.50. The fourth-order valence-electron chi connectivity index (χ4n) is 2.16. The van der Waals surface area contributed by atoms with E-state index in [0.29, 0.717) is 19.6 Å². The van der Waals surface area contributed by atoms with Gasteiger partial charge in [-0.15, -0.1) is 0 Å². The second-order valence-corrected chi connectivity index (χ2v) is 5.22. The third-order valence-electron chi connectivity index (χ3n) is 3.47. The molecule has 1 amide bonds. The van der Waals surface area contributed by atoms with Gasteiger partial charge in [0.1, 0.15) is 5.75 Å². The molecule has 0 unspecified atom stereocenters. The van der Waals surface area contributed by atoms with Crippen molar-refractivity contribution in [3.05, 3.63) is 29.8 Å². The topological polar surface area (TPSA) is 50.8 Å². The molecule has 1 N–H and O–H groups in total. The van der Waals surface area contributed by atoms with Crippen LogP contribution in [0.25, 0.3) is 0 Å². The zero-order valence-corrected chi connectivity index (χ0v) is 12.6. The van der Waals surface area contributed by atoms with E-state index in [0.717, 1.165) is 38.6 Å². The average molecular weight is 292 g/mol. The number of aryl methyl sites for hydroxylation is 1. The van der Waals surface area contributed by atoms with Crippen LogP contribution in [0.4, 0.5) is 0 Å². The van der Waals surface area contributed by atoms with Gasteiger partial charge in [-0.2, -0.15) is 0 Å². The Morgan fingerprint density at radius 3 is 2.71 bits per heavy atom. The highest BCUT2D eigenvalue weighted by atomic mass is 16.5. The van der Waals surface area contributed by atoms with E-state index in [-0.39, 0.29) is 5.91 Å². The van der Waals surface area contributed by atoms with Crippen LogP contribution in [0.2, 0.25) is 0 Å². The number of benzene rings is 1. The first-order valence-electron chi connectivity index (χ1n) is 7.50. The predicted molar refractivity (Wildman–Crippen MR) is 81.6 cm³/mol. The minimum Gasteiger partial charge on any atom is -0.493 e. The standard InChI is InChI=1S/C16H24N2O3/c1-14-2-4-15(5-3-14)21-11-6-16(19)17-7-8-18-9-12-20-13-10-18/h2-5H,6-13H2,1H3,(H,17,19). The smallest absolute Gasteiger partial charge is 0.223 e. The minimum atomic E-state index is 0.0374. The van der Waals surface area contributed by atoms with Crippen molar-refractivity contribution in [1.29, 1.82) is 0 Å². The van der Waals surface area contributed by atoms with Gasteiger partial charge in [0.2, 0.25) is 5.91 Å². The zero-order chi connectivity index (χ0) is 14.9. The van der Waals surface area contributed by atoms with E-state index < -0.39 is 0 Å². The summed E-state index contributed by atoms with van der Waals surface area (Å²) in [6, 6.07) is 7.84. The molecule has 1 saturated heterocycles. The van der Waals surface area contributed by atoms with Gasteiger partial charge in [0.05, 0.1) is 26.2 Å². The molecule has 1 aliphatic heterocycles. The van der Waals surface area contributed by atoms with Crippen molar-refractivity contribution in [3.63, 3.8) is 0 Å². The van der Waals surface area contributed by atoms with Crippen molar-refractivity contribution in [2.45, 2.75) is 13.3 Å². The molecule has 1 aliphatic rings. The monoisotopic (exact) mass is 292 g/mol. The number of amides is 1. The molecule has 1 aromatic carbocycles. The number of nitrogens with one attached hydrogen (secondary N) is 1. The van der Waals surface area contributed by atoms with Crippen LogP contribution in [0.15, 0.2) is 24.3 Å². The number of morpholine rings is 1. The Kier molecular flexibility index (Phi) is 6.50. The largest absolute Gasteiger partial charge is 0.493 e. The lowest BCUT2D eigenvalue weighted by atomic mass is 10.2. The van der Waals surface area contributed by atoms with E-state index in [1.807, 2.05) is 31.2 Å². The van der Waals surface area contributed by atoms with Gasteiger partial charge in [0, 0.05) is 26.2 Å². The lowest BCUT2D eigenvalue weighted by molar-refractivity contribution is -0.121. The van der Waals surface area contributed by atoms with Gasteiger partial charge >= 0.3 is 0 Å². The molecule has 1 aromatic rings. The normalized spacial score (nSPS) is 15.7. The molecule has 0 atom stereocenters. The second-order valence-electron chi connectivity index (χ2n) is 5.22. The zero-order valence-electron chi connectivity index (χ0n) is 12.6. The molecule has 0 spiro atoms. The van der Waals surface area contributed by atoms with Crippen molar-refractivity contribution >= 4 is 5.91 Å². The third kappa shape index (κ3) is 6.14. The van der Waals surface area contributed by atoms with Gasteiger partial charge in [-0.05, 0) is 19.1 Å². The van der Waals surface area contributed by atoms with E-state index in [1.165, 1.54) is 5.56 Å². The van der Waals surface area contributed by atoms with Crippen LogP contribution in [-0.4, -0.2) is 56.8 Å². The van der Waals surface area contributed by atoms with Crippen LogP contribution in [0.5, 0.6) is 5.75 Å². The van der Waals surface area contributed by atoms with Gasteiger partial charge in [0.25, 0.3) is 0 Å². The van der Waals surface area contributed by atoms with Crippen LogP contribution >= 0.6 is 0 Å². The first-order valence-corrected chi connectivity index (χ1v) is 7.50. The first kappa shape index (κ1) is 15.8. The SMILES string of the molecule is Cc1ccc(OCCC(=O)NCCN2CCOCC2)cc1. The van der Waals surface area contributed by atoms with E-state index in [2.05, 4.69) is 10.2 Å². The highest BCUT2D eigenvalue weighted by Crippen LogP contribution is 2.11. The summed E-state index contributed by atoms with van der Waals surface area (Å²) in [6.45, 7) is 7.49. The van der Waals surface area contributed by atoms with Crippen molar-refractivity contribution in [3.8, 4) is 5.75 Å². The minimum absolute atomic E-state index is 0.0374. The van der Waals surface area contributed by atoms with E-state index in [1.54, 1.807) is 0 Å². The Balaban J connectivity index is 1.54. The Hall–Kier alpha value is -1.59. The molecule has 2 rings (SSSR count). The van der Waals surface area contributed by atoms with Gasteiger partial charge in [-0.25, -0.2) is 0 Å². The van der Waals surface area contributed by atoms with Crippen molar-refractivity contribution in [1.82, 2.24) is 10.2 Å². The van der Waals surface area contributed by atoms with Crippen LogP contribution in [0.1, 0.15) is 12.0 Å². The summed E-state index contributed by atoms with van der Waals surface area (Å²) in [5.41, 5.74) is 1.20. The Labute approximate surface area is 126 Å².